The fourth-order valence-electron chi connectivity index (χ4n) is 1.61. The van der Waals surface area contributed by atoms with Crippen LogP contribution in [0.1, 0.15) is 10.6 Å². The van der Waals surface area contributed by atoms with Crippen molar-refractivity contribution < 1.29 is 23.4 Å². The lowest BCUT2D eigenvalue weighted by atomic mass is 10.2. The molecule has 0 unspecified atom stereocenters. The van der Waals surface area contributed by atoms with Crippen molar-refractivity contribution in [3.8, 4) is 11.5 Å². The monoisotopic (exact) mass is 236 g/mol. The number of fused-ring (bicyclic) bond motifs is 1. The summed E-state index contributed by atoms with van der Waals surface area (Å²) >= 11 is 0. The summed E-state index contributed by atoms with van der Waals surface area (Å²) in [6.45, 7) is 0. The van der Waals surface area contributed by atoms with Gasteiger partial charge in [-0.15, -0.1) is 0 Å². The minimum atomic E-state index is -0.526. The molecule has 0 aliphatic carbocycles. The maximum Gasteiger partial charge on any atom is 0.373 e. The van der Waals surface area contributed by atoms with Crippen LogP contribution < -0.4 is 9.47 Å². The van der Waals surface area contributed by atoms with E-state index in [9.17, 15) is 4.79 Å². The molecule has 0 bridgehead atoms. The molecule has 2 aromatic rings. The van der Waals surface area contributed by atoms with E-state index in [0.29, 0.717) is 17.1 Å². The van der Waals surface area contributed by atoms with Gasteiger partial charge in [0.1, 0.15) is 0 Å². The topological polar surface area (TPSA) is 57.9 Å². The zero-order valence-corrected chi connectivity index (χ0v) is 9.77. The Kier molecular flexibility index (Phi) is 2.91. The molecule has 0 N–H and O–H groups in total. The van der Waals surface area contributed by atoms with E-state index in [-0.39, 0.29) is 5.76 Å². The van der Waals surface area contributed by atoms with Gasteiger partial charge < -0.3 is 18.6 Å². The van der Waals surface area contributed by atoms with Gasteiger partial charge >= 0.3 is 5.97 Å². The molecule has 5 heteroatoms. The SMILES string of the molecule is COC(=O)c1cc2ccc(OC)c(OC)c2o1. The molecule has 0 aliphatic heterocycles. The van der Waals surface area contributed by atoms with Gasteiger partial charge in [0.15, 0.2) is 11.3 Å². The molecule has 5 nitrogen and oxygen atoms in total. The molecule has 0 spiro atoms. The maximum atomic E-state index is 11.3. The molecule has 0 fully saturated rings. The molecule has 1 aromatic carbocycles. The number of carbonyl (C=O) groups excluding carboxylic acids is 1. The van der Waals surface area contributed by atoms with Crippen molar-refractivity contribution in [1.29, 1.82) is 0 Å². The van der Waals surface area contributed by atoms with Crippen LogP contribution in [0.4, 0.5) is 0 Å². The number of hydrogen-bond donors (Lipinski definition) is 0. The second-order valence-electron chi connectivity index (χ2n) is 3.32. The second kappa shape index (κ2) is 4.37. The number of esters is 1. The Balaban J connectivity index is 2.64. The third-order valence-corrected chi connectivity index (χ3v) is 2.42. The van der Waals surface area contributed by atoms with Crippen LogP contribution in [0.15, 0.2) is 22.6 Å². The van der Waals surface area contributed by atoms with Crippen LogP contribution in [0.5, 0.6) is 11.5 Å². The molecule has 90 valence electrons. The fraction of sp³-hybridized carbons (Fsp3) is 0.250. The van der Waals surface area contributed by atoms with E-state index in [1.54, 1.807) is 18.2 Å². The molecule has 2 rings (SSSR count). The first-order valence-electron chi connectivity index (χ1n) is 4.94. The van der Waals surface area contributed by atoms with E-state index in [1.807, 2.05) is 0 Å². The van der Waals surface area contributed by atoms with Crippen LogP contribution in [0.2, 0.25) is 0 Å². The quantitative estimate of drug-likeness (QED) is 0.765. The smallest absolute Gasteiger partial charge is 0.373 e. The maximum absolute atomic E-state index is 11.3. The number of benzene rings is 1. The summed E-state index contributed by atoms with van der Waals surface area (Å²) in [7, 11) is 4.35. The van der Waals surface area contributed by atoms with Crippen molar-refractivity contribution >= 4 is 16.9 Å². The first-order chi connectivity index (χ1) is 8.21. The Bertz CT molecular complexity index is 555. The fourth-order valence-corrected chi connectivity index (χ4v) is 1.61. The molecule has 0 radical (unpaired) electrons. The normalized spacial score (nSPS) is 10.3. The summed E-state index contributed by atoms with van der Waals surface area (Å²) < 4.78 is 20.3. The molecule has 17 heavy (non-hydrogen) atoms. The highest BCUT2D eigenvalue weighted by molar-refractivity contribution is 5.95. The first-order valence-corrected chi connectivity index (χ1v) is 4.94. The highest BCUT2D eigenvalue weighted by Gasteiger charge is 2.17. The summed E-state index contributed by atoms with van der Waals surface area (Å²) in [6.07, 6.45) is 0. The van der Waals surface area contributed by atoms with E-state index in [0.717, 1.165) is 5.39 Å². The molecule has 0 atom stereocenters. The van der Waals surface area contributed by atoms with Crippen LogP contribution in [0.25, 0.3) is 11.0 Å². The van der Waals surface area contributed by atoms with Crippen LogP contribution in [0.3, 0.4) is 0 Å². The lowest BCUT2D eigenvalue weighted by Gasteiger charge is -2.06. The van der Waals surface area contributed by atoms with Gasteiger partial charge in [0.05, 0.1) is 21.3 Å². The Hall–Kier alpha value is -2.17. The Labute approximate surface area is 97.9 Å². The third kappa shape index (κ3) is 1.80. The van der Waals surface area contributed by atoms with Crippen LogP contribution in [-0.2, 0) is 4.74 Å². The van der Waals surface area contributed by atoms with Gasteiger partial charge in [0.2, 0.25) is 11.5 Å². The van der Waals surface area contributed by atoms with Gasteiger partial charge in [-0.05, 0) is 18.2 Å². The lowest BCUT2D eigenvalue weighted by molar-refractivity contribution is 0.0567. The van der Waals surface area contributed by atoms with Crippen LogP contribution >= 0.6 is 0 Å². The molecule has 0 aliphatic rings. The average molecular weight is 236 g/mol. The summed E-state index contributed by atoms with van der Waals surface area (Å²) in [5.74, 6) is 0.613. The standard InChI is InChI=1S/C12H12O5/c1-14-8-5-4-7-6-9(12(13)16-3)17-10(7)11(8)15-2/h4-6H,1-3H3. The van der Waals surface area contributed by atoms with E-state index >= 15 is 0 Å². The zero-order valence-electron chi connectivity index (χ0n) is 9.77. The molecule has 0 saturated heterocycles. The highest BCUT2D eigenvalue weighted by Crippen LogP contribution is 2.37. The number of ether oxygens (including phenoxy) is 3. The summed E-state index contributed by atoms with van der Waals surface area (Å²) in [5, 5.41) is 0.753. The van der Waals surface area contributed by atoms with Crippen molar-refractivity contribution in [3.05, 3.63) is 24.0 Å². The van der Waals surface area contributed by atoms with E-state index in [2.05, 4.69) is 4.74 Å². The van der Waals surface area contributed by atoms with Gasteiger partial charge in [0, 0.05) is 5.39 Å². The minimum Gasteiger partial charge on any atom is -0.493 e. The second-order valence-corrected chi connectivity index (χ2v) is 3.32. The van der Waals surface area contributed by atoms with Crippen molar-refractivity contribution in [2.75, 3.05) is 21.3 Å². The molecule has 1 heterocycles. The average Bonchev–Trinajstić information content (AvgIpc) is 2.80. The minimum absolute atomic E-state index is 0.133. The van der Waals surface area contributed by atoms with Gasteiger partial charge in [0.25, 0.3) is 0 Å². The Morgan fingerprint density at radius 3 is 2.53 bits per heavy atom. The highest BCUT2D eigenvalue weighted by atomic mass is 16.5. The van der Waals surface area contributed by atoms with Crippen LogP contribution in [0, 0.1) is 0 Å². The summed E-state index contributed by atoms with van der Waals surface area (Å²) in [6, 6.07) is 5.13. The third-order valence-electron chi connectivity index (χ3n) is 2.42. The van der Waals surface area contributed by atoms with Crippen molar-refractivity contribution in [3.63, 3.8) is 0 Å². The largest absolute Gasteiger partial charge is 0.493 e. The lowest BCUT2D eigenvalue weighted by Crippen LogP contribution is -1.98. The summed E-state index contributed by atoms with van der Waals surface area (Å²) in [5.41, 5.74) is 0.465. The number of furan rings is 1. The van der Waals surface area contributed by atoms with Gasteiger partial charge in [-0.2, -0.15) is 0 Å². The van der Waals surface area contributed by atoms with Crippen molar-refractivity contribution in [2.24, 2.45) is 0 Å². The number of carbonyl (C=O) groups is 1. The molecular weight excluding hydrogens is 224 g/mol. The van der Waals surface area contributed by atoms with Crippen LogP contribution in [-0.4, -0.2) is 27.3 Å². The van der Waals surface area contributed by atoms with E-state index in [4.69, 9.17) is 13.9 Å². The molecule has 0 saturated carbocycles. The van der Waals surface area contributed by atoms with Crippen molar-refractivity contribution in [2.45, 2.75) is 0 Å². The molecular formula is C12H12O5. The Morgan fingerprint density at radius 2 is 1.94 bits per heavy atom. The summed E-state index contributed by atoms with van der Waals surface area (Å²) in [4.78, 5) is 11.3. The van der Waals surface area contributed by atoms with Gasteiger partial charge in [-0.1, -0.05) is 0 Å². The zero-order chi connectivity index (χ0) is 12.4. The molecule has 0 amide bonds. The first kappa shape index (κ1) is 11.3. The predicted molar refractivity (Wildman–Crippen MR) is 60.7 cm³/mol. The van der Waals surface area contributed by atoms with E-state index in [1.165, 1.54) is 21.3 Å². The Morgan fingerprint density at radius 1 is 1.18 bits per heavy atom. The van der Waals surface area contributed by atoms with E-state index < -0.39 is 5.97 Å². The number of hydrogen-bond acceptors (Lipinski definition) is 5. The molecule has 1 aromatic heterocycles. The number of rotatable bonds is 3. The predicted octanol–water partition coefficient (Wildman–Crippen LogP) is 2.24. The van der Waals surface area contributed by atoms with Gasteiger partial charge in [-0.3, -0.25) is 0 Å². The number of methoxy groups -OCH3 is 3. The van der Waals surface area contributed by atoms with Crippen molar-refractivity contribution in [1.82, 2.24) is 0 Å². The van der Waals surface area contributed by atoms with Gasteiger partial charge in [-0.25, -0.2) is 4.79 Å².